The number of fused-ring (bicyclic) bond motifs is 4. The highest BCUT2D eigenvalue weighted by Crippen LogP contribution is 2.45. The molecule has 6 rings (SSSR count). The lowest BCUT2D eigenvalue weighted by atomic mass is 9.89. The molecule has 162 valence electrons. The molecule has 5 aromatic rings. The Labute approximate surface area is 195 Å². The molecule has 1 N–H and O–H groups in total. The second-order valence-corrected chi connectivity index (χ2v) is 8.87. The number of aromatic nitrogens is 1. The molecule has 5 nitrogen and oxygen atoms in total. The maximum absolute atomic E-state index is 11.1. The van der Waals surface area contributed by atoms with Gasteiger partial charge in [0.25, 0.3) is 5.69 Å². The van der Waals surface area contributed by atoms with Crippen LogP contribution in [0.2, 0.25) is 5.02 Å². The minimum atomic E-state index is -0.365. The van der Waals surface area contributed by atoms with Crippen molar-refractivity contribution in [2.45, 2.75) is 18.5 Å². The first-order valence-corrected chi connectivity index (χ1v) is 11.3. The van der Waals surface area contributed by atoms with Crippen molar-refractivity contribution in [2.75, 3.05) is 5.32 Å². The van der Waals surface area contributed by atoms with Gasteiger partial charge in [-0.1, -0.05) is 60.1 Å². The number of rotatable bonds is 3. The second kappa shape index (κ2) is 7.64. The molecule has 1 aliphatic rings. The van der Waals surface area contributed by atoms with Gasteiger partial charge in [-0.2, -0.15) is 0 Å². The van der Waals surface area contributed by atoms with E-state index in [1.54, 1.807) is 12.1 Å². The van der Waals surface area contributed by atoms with Crippen LogP contribution in [-0.2, 0) is 0 Å². The fourth-order valence-corrected chi connectivity index (χ4v) is 5.30. The molecule has 0 spiro atoms. The van der Waals surface area contributed by atoms with Crippen molar-refractivity contribution in [1.82, 2.24) is 4.57 Å². The highest BCUT2D eigenvalue weighted by atomic mass is 35.5. The monoisotopic (exact) mass is 453 g/mol. The van der Waals surface area contributed by atoms with Gasteiger partial charge in [-0.3, -0.25) is 10.1 Å². The number of nitro benzene ring substituents is 1. The lowest BCUT2D eigenvalue weighted by Gasteiger charge is -2.35. The van der Waals surface area contributed by atoms with Crippen LogP contribution >= 0.6 is 11.6 Å². The first-order chi connectivity index (χ1) is 16.1. The first kappa shape index (κ1) is 19.8. The molecule has 33 heavy (non-hydrogen) atoms. The van der Waals surface area contributed by atoms with Gasteiger partial charge in [-0.25, -0.2) is 0 Å². The van der Waals surface area contributed by atoms with E-state index in [0.717, 1.165) is 23.2 Å². The number of non-ortho nitro benzene ring substituents is 1. The molecule has 0 saturated carbocycles. The van der Waals surface area contributed by atoms with Crippen molar-refractivity contribution in [3.8, 4) is 0 Å². The summed E-state index contributed by atoms with van der Waals surface area (Å²) in [5, 5.41) is 17.9. The van der Waals surface area contributed by atoms with Crippen LogP contribution in [0, 0.1) is 10.1 Å². The van der Waals surface area contributed by atoms with Crippen molar-refractivity contribution in [3.63, 3.8) is 0 Å². The molecule has 0 fully saturated rings. The van der Waals surface area contributed by atoms with E-state index < -0.39 is 0 Å². The van der Waals surface area contributed by atoms with Gasteiger partial charge in [0.1, 0.15) is 0 Å². The van der Waals surface area contributed by atoms with Crippen LogP contribution < -0.4 is 5.32 Å². The van der Waals surface area contributed by atoms with Crippen LogP contribution in [0.25, 0.3) is 21.8 Å². The molecule has 0 bridgehead atoms. The van der Waals surface area contributed by atoms with E-state index in [2.05, 4.69) is 58.4 Å². The Hall–Kier alpha value is -3.83. The number of para-hydroxylation sites is 2. The predicted octanol–water partition coefficient (Wildman–Crippen LogP) is 7.50. The Morgan fingerprint density at radius 1 is 0.879 bits per heavy atom. The van der Waals surface area contributed by atoms with Gasteiger partial charge >= 0.3 is 0 Å². The Morgan fingerprint density at radius 3 is 2.15 bits per heavy atom. The summed E-state index contributed by atoms with van der Waals surface area (Å²) in [7, 11) is 0. The van der Waals surface area contributed by atoms with Crippen LogP contribution in [0.5, 0.6) is 0 Å². The molecule has 2 heterocycles. The largest absolute Gasteiger partial charge is 0.378 e. The molecule has 0 radical (unpaired) electrons. The number of hydrogen-bond donors (Lipinski definition) is 1. The van der Waals surface area contributed by atoms with Crippen LogP contribution in [0.1, 0.15) is 29.6 Å². The summed E-state index contributed by atoms with van der Waals surface area (Å²) in [6.45, 7) is 0. The standard InChI is InChI=1S/C27H20ClN3O2/c28-18-11-14-23-22(15-18)27(16-24(29-23)17-9-12-19(13-10-17)31(32)33)30-25-7-3-1-5-20(25)21-6-2-4-8-26(21)30/h1-15,24,27,29H,16H2/t24-,27-/m0/s1. The normalized spacial score (nSPS) is 17.6. The molecule has 0 amide bonds. The Morgan fingerprint density at radius 2 is 1.52 bits per heavy atom. The summed E-state index contributed by atoms with van der Waals surface area (Å²) >= 11 is 6.44. The molecule has 0 saturated heterocycles. The third-order valence-electron chi connectivity index (χ3n) is 6.60. The zero-order valence-corrected chi connectivity index (χ0v) is 18.4. The van der Waals surface area contributed by atoms with Crippen LogP contribution in [-0.4, -0.2) is 9.49 Å². The maximum atomic E-state index is 11.1. The second-order valence-electron chi connectivity index (χ2n) is 8.43. The smallest absolute Gasteiger partial charge is 0.269 e. The molecule has 0 aliphatic carbocycles. The molecule has 4 aromatic carbocycles. The summed E-state index contributed by atoms with van der Waals surface area (Å²) < 4.78 is 2.42. The number of anilines is 1. The Balaban J connectivity index is 1.55. The zero-order valence-electron chi connectivity index (χ0n) is 17.6. The molecule has 1 aromatic heterocycles. The fourth-order valence-electron chi connectivity index (χ4n) is 5.12. The summed E-state index contributed by atoms with van der Waals surface area (Å²) in [5.41, 5.74) is 5.65. The van der Waals surface area contributed by atoms with E-state index in [4.69, 9.17) is 11.6 Å². The molecular weight excluding hydrogens is 434 g/mol. The van der Waals surface area contributed by atoms with Crippen LogP contribution in [0.15, 0.2) is 91.0 Å². The summed E-state index contributed by atoms with van der Waals surface area (Å²) in [6, 6.07) is 29.8. The predicted molar refractivity (Wildman–Crippen MR) is 133 cm³/mol. The SMILES string of the molecule is O=[N+]([O-])c1ccc([C@@H]2C[C@H](n3c4ccccc4c4ccccc43)c3cc(Cl)ccc3N2)cc1. The molecular formula is C27H20ClN3O2. The van der Waals surface area contributed by atoms with E-state index >= 15 is 0 Å². The van der Waals surface area contributed by atoms with Crippen molar-refractivity contribution in [1.29, 1.82) is 0 Å². The van der Waals surface area contributed by atoms with Gasteiger partial charge < -0.3 is 9.88 Å². The highest BCUT2D eigenvalue weighted by molar-refractivity contribution is 6.30. The third-order valence-corrected chi connectivity index (χ3v) is 6.83. The number of benzene rings is 4. The van der Waals surface area contributed by atoms with Gasteiger partial charge in [-0.15, -0.1) is 0 Å². The van der Waals surface area contributed by atoms with Crippen molar-refractivity contribution < 1.29 is 4.92 Å². The van der Waals surface area contributed by atoms with Crippen molar-refractivity contribution in [2.24, 2.45) is 0 Å². The third kappa shape index (κ3) is 3.24. The average Bonchev–Trinajstić information content (AvgIpc) is 3.18. The first-order valence-electron chi connectivity index (χ1n) is 10.9. The number of hydrogen-bond acceptors (Lipinski definition) is 3. The molecule has 0 unspecified atom stereocenters. The summed E-state index contributed by atoms with van der Waals surface area (Å²) in [6.07, 6.45) is 0.786. The van der Waals surface area contributed by atoms with E-state index in [1.165, 1.54) is 21.8 Å². The van der Waals surface area contributed by atoms with Gasteiger partial charge in [0.2, 0.25) is 0 Å². The van der Waals surface area contributed by atoms with E-state index in [1.807, 2.05) is 30.3 Å². The van der Waals surface area contributed by atoms with Gasteiger partial charge in [0.15, 0.2) is 0 Å². The highest BCUT2D eigenvalue weighted by Gasteiger charge is 2.31. The quantitative estimate of drug-likeness (QED) is 0.227. The van der Waals surface area contributed by atoms with Gasteiger partial charge in [0.05, 0.1) is 17.0 Å². The lowest BCUT2D eigenvalue weighted by molar-refractivity contribution is -0.384. The van der Waals surface area contributed by atoms with Crippen molar-refractivity contribution >= 4 is 44.8 Å². The average molecular weight is 454 g/mol. The van der Waals surface area contributed by atoms with Crippen molar-refractivity contribution in [3.05, 3.63) is 117 Å². The van der Waals surface area contributed by atoms with Gasteiger partial charge in [-0.05, 0) is 47.9 Å². The number of halogens is 1. The van der Waals surface area contributed by atoms with E-state index in [9.17, 15) is 10.1 Å². The minimum Gasteiger partial charge on any atom is -0.378 e. The number of nitrogens with one attached hydrogen (secondary N) is 1. The number of nitrogens with zero attached hydrogens (tertiary/aromatic N) is 2. The summed E-state index contributed by atoms with van der Waals surface area (Å²) in [5.74, 6) is 0. The summed E-state index contributed by atoms with van der Waals surface area (Å²) in [4.78, 5) is 10.7. The Bertz CT molecular complexity index is 1470. The lowest BCUT2D eigenvalue weighted by Crippen LogP contribution is -2.25. The van der Waals surface area contributed by atoms with E-state index in [0.29, 0.717) is 5.02 Å². The topological polar surface area (TPSA) is 60.1 Å². The van der Waals surface area contributed by atoms with E-state index in [-0.39, 0.29) is 22.7 Å². The molecule has 2 atom stereocenters. The van der Waals surface area contributed by atoms with Gasteiger partial charge in [0, 0.05) is 44.6 Å². The zero-order chi connectivity index (χ0) is 22.5. The Kier molecular flexibility index (Phi) is 4.59. The molecule has 1 aliphatic heterocycles. The minimum absolute atomic E-state index is 0.00408. The van der Waals surface area contributed by atoms with Crippen LogP contribution in [0.4, 0.5) is 11.4 Å². The maximum Gasteiger partial charge on any atom is 0.269 e. The number of nitro groups is 1. The molecule has 6 heteroatoms. The fraction of sp³-hybridized carbons (Fsp3) is 0.111. The van der Waals surface area contributed by atoms with Crippen LogP contribution in [0.3, 0.4) is 0 Å².